The van der Waals surface area contributed by atoms with Gasteiger partial charge >= 0.3 is 5.97 Å². The standard InChI is InChI=1S/C30H28N2O4/c1-2-3-9-22-14-17-25(18-15-22)35-21-29(33)32-31-20-27-26-13-8-7-10-23(26)16-19-28(27)36-30(34)24-11-5-4-6-12-24/h4-8,10-20H,2-3,9,21H2,1H3,(H,32,33). The Labute approximate surface area is 210 Å². The first-order valence-corrected chi connectivity index (χ1v) is 12.0. The monoisotopic (exact) mass is 480 g/mol. The molecule has 0 saturated carbocycles. The van der Waals surface area contributed by atoms with E-state index in [4.69, 9.17) is 9.47 Å². The number of nitrogens with one attached hydrogen (secondary N) is 1. The van der Waals surface area contributed by atoms with Crippen LogP contribution in [-0.2, 0) is 11.2 Å². The van der Waals surface area contributed by atoms with E-state index in [1.165, 1.54) is 11.8 Å². The number of esters is 1. The highest BCUT2D eigenvalue weighted by Crippen LogP contribution is 2.27. The molecule has 4 aromatic carbocycles. The molecule has 0 spiro atoms. The van der Waals surface area contributed by atoms with Crippen LogP contribution in [0.25, 0.3) is 10.8 Å². The predicted octanol–water partition coefficient (Wildman–Crippen LogP) is 5.93. The summed E-state index contributed by atoms with van der Waals surface area (Å²) in [6.45, 7) is 1.99. The Morgan fingerprint density at radius 2 is 1.64 bits per heavy atom. The number of hydrogen-bond donors (Lipinski definition) is 1. The molecule has 6 heteroatoms. The van der Waals surface area contributed by atoms with Crippen molar-refractivity contribution in [2.24, 2.45) is 5.10 Å². The second kappa shape index (κ2) is 12.3. The average molecular weight is 481 g/mol. The fraction of sp³-hybridized carbons (Fsp3) is 0.167. The number of benzene rings is 4. The van der Waals surface area contributed by atoms with Crippen LogP contribution < -0.4 is 14.9 Å². The molecule has 0 saturated heterocycles. The van der Waals surface area contributed by atoms with Crippen LogP contribution in [0.5, 0.6) is 11.5 Å². The second-order valence-corrected chi connectivity index (χ2v) is 8.28. The molecular weight excluding hydrogens is 452 g/mol. The molecule has 0 fully saturated rings. The summed E-state index contributed by atoms with van der Waals surface area (Å²) in [5, 5.41) is 5.89. The Balaban J connectivity index is 1.42. The number of unbranched alkanes of at least 4 members (excludes halogenated alkanes) is 1. The van der Waals surface area contributed by atoms with Crippen molar-refractivity contribution >= 4 is 28.9 Å². The third-order valence-electron chi connectivity index (χ3n) is 5.64. The van der Waals surface area contributed by atoms with Crippen molar-refractivity contribution in [1.82, 2.24) is 5.43 Å². The molecule has 6 nitrogen and oxygen atoms in total. The van der Waals surface area contributed by atoms with Crippen LogP contribution in [0.4, 0.5) is 0 Å². The minimum absolute atomic E-state index is 0.170. The van der Waals surface area contributed by atoms with Crippen LogP contribution in [0, 0.1) is 0 Å². The van der Waals surface area contributed by atoms with Gasteiger partial charge in [0.05, 0.1) is 11.8 Å². The van der Waals surface area contributed by atoms with Gasteiger partial charge in [0.15, 0.2) is 6.61 Å². The van der Waals surface area contributed by atoms with E-state index in [1.54, 1.807) is 30.3 Å². The van der Waals surface area contributed by atoms with E-state index in [1.807, 2.05) is 60.7 Å². The van der Waals surface area contributed by atoms with Crippen molar-refractivity contribution in [1.29, 1.82) is 0 Å². The fourth-order valence-electron chi connectivity index (χ4n) is 3.71. The highest BCUT2D eigenvalue weighted by Gasteiger charge is 2.13. The van der Waals surface area contributed by atoms with Gasteiger partial charge in [-0.25, -0.2) is 10.2 Å². The number of amides is 1. The maximum absolute atomic E-state index is 12.6. The van der Waals surface area contributed by atoms with Crippen LogP contribution in [-0.4, -0.2) is 24.7 Å². The maximum atomic E-state index is 12.6. The zero-order valence-electron chi connectivity index (χ0n) is 20.1. The molecule has 0 unspecified atom stereocenters. The van der Waals surface area contributed by atoms with Crippen LogP contribution in [0.3, 0.4) is 0 Å². The quantitative estimate of drug-likeness (QED) is 0.132. The predicted molar refractivity (Wildman–Crippen MR) is 142 cm³/mol. The SMILES string of the molecule is CCCCc1ccc(OCC(=O)NN=Cc2c(OC(=O)c3ccccc3)ccc3ccccc23)cc1. The summed E-state index contributed by atoms with van der Waals surface area (Å²) in [7, 11) is 0. The first-order valence-electron chi connectivity index (χ1n) is 12.0. The average Bonchev–Trinajstić information content (AvgIpc) is 2.92. The number of hydrogen-bond acceptors (Lipinski definition) is 5. The van der Waals surface area contributed by atoms with E-state index < -0.39 is 11.9 Å². The molecule has 182 valence electrons. The summed E-state index contributed by atoms with van der Waals surface area (Å²) in [6, 6.07) is 27.8. The Kier molecular flexibility index (Phi) is 8.44. The van der Waals surface area contributed by atoms with Crippen molar-refractivity contribution in [3.8, 4) is 11.5 Å². The van der Waals surface area contributed by atoms with Gasteiger partial charge in [-0.1, -0.05) is 74.0 Å². The Morgan fingerprint density at radius 1 is 0.889 bits per heavy atom. The van der Waals surface area contributed by atoms with E-state index in [0.717, 1.165) is 30.0 Å². The largest absolute Gasteiger partial charge is 0.484 e. The normalized spacial score (nSPS) is 10.9. The molecule has 0 atom stereocenters. The molecule has 4 aromatic rings. The smallest absolute Gasteiger partial charge is 0.343 e. The topological polar surface area (TPSA) is 77.0 Å². The van der Waals surface area contributed by atoms with E-state index in [0.29, 0.717) is 22.6 Å². The first-order chi connectivity index (χ1) is 17.6. The molecule has 0 radical (unpaired) electrons. The third kappa shape index (κ3) is 6.57. The lowest BCUT2D eigenvalue weighted by molar-refractivity contribution is -0.123. The van der Waals surface area contributed by atoms with Gasteiger partial charge in [-0.3, -0.25) is 4.79 Å². The summed E-state index contributed by atoms with van der Waals surface area (Å²) in [6.07, 6.45) is 4.80. The zero-order chi connectivity index (χ0) is 25.2. The van der Waals surface area contributed by atoms with Gasteiger partial charge in [-0.15, -0.1) is 0 Å². The van der Waals surface area contributed by atoms with Gasteiger partial charge in [-0.05, 0) is 59.5 Å². The van der Waals surface area contributed by atoms with Crippen LogP contribution in [0.2, 0.25) is 0 Å². The molecule has 1 amide bonds. The van der Waals surface area contributed by atoms with E-state index in [2.05, 4.69) is 17.5 Å². The molecule has 0 aromatic heterocycles. The Morgan fingerprint density at radius 3 is 2.42 bits per heavy atom. The van der Waals surface area contributed by atoms with E-state index in [-0.39, 0.29) is 6.61 Å². The van der Waals surface area contributed by atoms with Gasteiger partial charge < -0.3 is 9.47 Å². The van der Waals surface area contributed by atoms with Crippen LogP contribution >= 0.6 is 0 Å². The molecule has 0 aliphatic carbocycles. The Bertz CT molecular complexity index is 1350. The minimum atomic E-state index is -0.473. The van der Waals surface area contributed by atoms with Crippen molar-refractivity contribution in [2.45, 2.75) is 26.2 Å². The lowest BCUT2D eigenvalue weighted by Crippen LogP contribution is -2.24. The van der Waals surface area contributed by atoms with Crippen molar-refractivity contribution < 1.29 is 19.1 Å². The molecule has 36 heavy (non-hydrogen) atoms. The Hall–Kier alpha value is -4.45. The summed E-state index contributed by atoms with van der Waals surface area (Å²) in [5.41, 5.74) is 4.76. The lowest BCUT2D eigenvalue weighted by atomic mass is 10.0. The van der Waals surface area contributed by atoms with E-state index >= 15 is 0 Å². The van der Waals surface area contributed by atoms with Gasteiger partial charge in [-0.2, -0.15) is 5.10 Å². The summed E-state index contributed by atoms with van der Waals surface area (Å²) in [5.74, 6) is 0.0987. The number of hydrazone groups is 1. The zero-order valence-corrected chi connectivity index (χ0v) is 20.1. The lowest BCUT2D eigenvalue weighted by Gasteiger charge is -2.10. The summed E-state index contributed by atoms with van der Waals surface area (Å²) < 4.78 is 11.2. The van der Waals surface area contributed by atoms with Crippen molar-refractivity contribution in [3.63, 3.8) is 0 Å². The molecular formula is C30H28N2O4. The molecule has 0 aliphatic rings. The summed E-state index contributed by atoms with van der Waals surface area (Å²) >= 11 is 0. The highest BCUT2D eigenvalue weighted by atomic mass is 16.5. The van der Waals surface area contributed by atoms with Gasteiger partial charge in [0.25, 0.3) is 5.91 Å². The van der Waals surface area contributed by atoms with E-state index in [9.17, 15) is 9.59 Å². The molecule has 4 rings (SSSR count). The number of ether oxygens (including phenoxy) is 2. The van der Waals surface area contributed by atoms with Gasteiger partial charge in [0.1, 0.15) is 11.5 Å². The highest BCUT2D eigenvalue weighted by molar-refractivity contribution is 6.04. The number of rotatable bonds is 10. The molecule has 0 heterocycles. The maximum Gasteiger partial charge on any atom is 0.343 e. The van der Waals surface area contributed by atoms with Gasteiger partial charge in [0.2, 0.25) is 0 Å². The van der Waals surface area contributed by atoms with Crippen LogP contribution in [0.15, 0.2) is 96.1 Å². The summed E-state index contributed by atoms with van der Waals surface area (Å²) in [4.78, 5) is 24.9. The fourth-order valence-corrected chi connectivity index (χ4v) is 3.71. The number of fused-ring (bicyclic) bond motifs is 1. The van der Waals surface area contributed by atoms with Crippen LogP contribution in [0.1, 0.15) is 41.3 Å². The number of aryl methyl sites for hydroxylation is 1. The number of carbonyl (C=O) groups is 2. The van der Waals surface area contributed by atoms with Crippen molar-refractivity contribution in [3.05, 3.63) is 108 Å². The first kappa shape index (κ1) is 24.7. The molecule has 0 bridgehead atoms. The molecule has 0 aliphatic heterocycles. The molecule has 1 N–H and O–H groups in total. The number of nitrogens with zero attached hydrogens (tertiary/aromatic N) is 1. The minimum Gasteiger partial charge on any atom is -0.484 e. The third-order valence-corrected chi connectivity index (χ3v) is 5.64. The number of carbonyl (C=O) groups excluding carboxylic acids is 2. The van der Waals surface area contributed by atoms with Gasteiger partial charge in [0, 0.05) is 5.56 Å². The second-order valence-electron chi connectivity index (χ2n) is 8.28. The van der Waals surface area contributed by atoms with Crippen molar-refractivity contribution in [2.75, 3.05) is 6.61 Å².